The smallest absolute Gasteiger partial charge is 0.247 e. The van der Waals surface area contributed by atoms with Gasteiger partial charge in [-0.3, -0.25) is 9.59 Å². The number of amides is 2. The number of anilines is 1. The fraction of sp³-hybridized carbons (Fsp3) is 0.548. The zero-order valence-electron chi connectivity index (χ0n) is 24.0. The molecule has 1 aliphatic heterocycles. The minimum absolute atomic E-state index is 0. The second-order valence-electron chi connectivity index (χ2n) is 10.6. The van der Waals surface area contributed by atoms with Gasteiger partial charge in [0.15, 0.2) is 0 Å². The van der Waals surface area contributed by atoms with Gasteiger partial charge in [-0.25, -0.2) is 0 Å². The summed E-state index contributed by atoms with van der Waals surface area (Å²) >= 11 is 0. The minimum atomic E-state index is -1.03. The maximum Gasteiger partial charge on any atom is 0.247 e. The first-order valence-corrected chi connectivity index (χ1v) is 16.8. The molecule has 3 N–H and O–H groups in total. The first kappa shape index (κ1) is 35.4. The van der Waals surface area contributed by atoms with E-state index in [9.17, 15) is 9.59 Å². The van der Waals surface area contributed by atoms with Crippen molar-refractivity contribution in [3.8, 4) is 0 Å². The number of halogens is 2. The highest BCUT2D eigenvalue weighted by atomic mass is 35.5. The van der Waals surface area contributed by atoms with Gasteiger partial charge in [-0.05, 0) is 48.1 Å². The maximum absolute atomic E-state index is 13.3. The molecular formula is C31H49Cl2N3O2P+. The molecule has 0 aromatic heterocycles. The highest BCUT2D eigenvalue weighted by Gasteiger charge is 2.36. The Morgan fingerprint density at radius 1 is 0.872 bits per heavy atom. The minimum Gasteiger partial charge on any atom is -0.325 e. The molecule has 0 radical (unpaired) electrons. The molecule has 218 valence electrons. The van der Waals surface area contributed by atoms with Crippen molar-refractivity contribution in [3.63, 3.8) is 0 Å². The number of hydrogen-bond donors (Lipinski definition) is 2. The number of carbonyl (C=O) groups excluding carboxylic acids is 2. The fourth-order valence-corrected chi connectivity index (χ4v) is 10.6. The summed E-state index contributed by atoms with van der Waals surface area (Å²) in [6.07, 6.45) is 13.7. The average molecular weight is 598 g/mol. The van der Waals surface area contributed by atoms with Crippen molar-refractivity contribution in [2.75, 3.05) is 30.3 Å². The van der Waals surface area contributed by atoms with Crippen molar-refractivity contribution in [1.82, 2.24) is 4.90 Å². The number of benzene rings is 2. The van der Waals surface area contributed by atoms with E-state index in [0.717, 1.165) is 16.8 Å². The lowest BCUT2D eigenvalue weighted by molar-refractivity contribution is -0.138. The summed E-state index contributed by atoms with van der Waals surface area (Å²) in [6, 6.07) is 15.9. The van der Waals surface area contributed by atoms with Crippen LogP contribution in [0.4, 0.5) is 5.69 Å². The van der Waals surface area contributed by atoms with E-state index in [4.69, 9.17) is 5.73 Å². The fourth-order valence-electron chi connectivity index (χ4n) is 5.50. The molecule has 5 nitrogen and oxygen atoms in total. The SMILES string of the molecule is CCCC[P+](CCCC)(CCCC)Cc1ccc(NC(=O)C2Cc3ccccc3CN2C(=O)CN)cc1.Cl.Cl. The van der Waals surface area contributed by atoms with E-state index < -0.39 is 13.3 Å². The predicted octanol–water partition coefficient (Wildman–Crippen LogP) is 7.30. The molecule has 8 heteroatoms. The van der Waals surface area contributed by atoms with Gasteiger partial charge in [0, 0.05) is 25.9 Å². The predicted molar refractivity (Wildman–Crippen MR) is 173 cm³/mol. The van der Waals surface area contributed by atoms with Gasteiger partial charge >= 0.3 is 0 Å². The van der Waals surface area contributed by atoms with Crippen LogP contribution in [0, 0.1) is 0 Å². The molecule has 39 heavy (non-hydrogen) atoms. The van der Waals surface area contributed by atoms with Crippen molar-refractivity contribution in [2.45, 2.75) is 84.5 Å². The van der Waals surface area contributed by atoms with E-state index in [1.54, 1.807) is 4.90 Å². The molecule has 0 saturated heterocycles. The van der Waals surface area contributed by atoms with E-state index >= 15 is 0 Å². The molecular weight excluding hydrogens is 548 g/mol. The van der Waals surface area contributed by atoms with Crippen LogP contribution in [0.5, 0.6) is 0 Å². The second-order valence-corrected chi connectivity index (χ2v) is 15.0. The summed E-state index contributed by atoms with van der Waals surface area (Å²) in [5, 5.41) is 3.08. The molecule has 0 saturated carbocycles. The molecule has 1 atom stereocenters. The van der Waals surface area contributed by atoms with Gasteiger partial charge in [-0.1, -0.05) is 76.4 Å². The Morgan fingerprint density at radius 2 is 1.41 bits per heavy atom. The summed E-state index contributed by atoms with van der Waals surface area (Å²) in [7, 11) is -1.03. The largest absolute Gasteiger partial charge is 0.325 e. The van der Waals surface area contributed by atoms with Crippen molar-refractivity contribution in [2.24, 2.45) is 5.73 Å². The average Bonchev–Trinajstić information content (AvgIpc) is 2.93. The van der Waals surface area contributed by atoms with E-state index in [-0.39, 0.29) is 43.2 Å². The van der Waals surface area contributed by atoms with Gasteiger partial charge < -0.3 is 16.0 Å². The van der Waals surface area contributed by atoms with Gasteiger partial charge in [0.1, 0.15) is 6.04 Å². The van der Waals surface area contributed by atoms with Crippen molar-refractivity contribution in [1.29, 1.82) is 0 Å². The van der Waals surface area contributed by atoms with Crippen molar-refractivity contribution < 1.29 is 9.59 Å². The molecule has 1 heterocycles. The number of nitrogens with two attached hydrogens (primary N) is 1. The first-order valence-electron chi connectivity index (χ1n) is 14.3. The van der Waals surface area contributed by atoms with Crippen molar-refractivity contribution in [3.05, 3.63) is 65.2 Å². The molecule has 0 spiro atoms. The Labute approximate surface area is 249 Å². The Balaban J connectivity index is 0.00000380. The number of nitrogens with one attached hydrogen (secondary N) is 1. The van der Waals surface area contributed by atoms with E-state index in [0.29, 0.717) is 13.0 Å². The molecule has 0 aliphatic carbocycles. The lowest BCUT2D eigenvalue weighted by atomic mass is 9.93. The number of nitrogens with zero attached hydrogens (tertiary/aromatic N) is 1. The van der Waals surface area contributed by atoms with Gasteiger partial charge in [-0.15, -0.1) is 24.8 Å². The monoisotopic (exact) mass is 596 g/mol. The van der Waals surface area contributed by atoms with Crippen LogP contribution in [0.1, 0.15) is 76.0 Å². The van der Waals surface area contributed by atoms with Crippen LogP contribution < -0.4 is 11.1 Å². The lowest BCUT2D eigenvalue weighted by Crippen LogP contribution is -2.52. The lowest BCUT2D eigenvalue weighted by Gasteiger charge is -2.35. The molecule has 0 bridgehead atoms. The number of carbonyl (C=O) groups is 2. The van der Waals surface area contributed by atoms with Crippen LogP contribution >= 0.6 is 32.1 Å². The van der Waals surface area contributed by atoms with E-state index in [1.165, 1.54) is 68.7 Å². The van der Waals surface area contributed by atoms with Gasteiger partial charge in [0.2, 0.25) is 11.8 Å². The topological polar surface area (TPSA) is 75.4 Å². The third kappa shape index (κ3) is 10.0. The quantitative estimate of drug-likeness (QED) is 0.225. The van der Waals surface area contributed by atoms with Gasteiger partial charge in [0.25, 0.3) is 0 Å². The highest BCUT2D eigenvalue weighted by molar-refractivity contribution is 7.75. The van der Waals surface area contributed by atoms with Crippen LogP contribution in [-0.4, -0.2) is 47.8 Å². The van der Waals surface area contributed by atoms with Crippen LogP contribution in [0.15, 0.2) is 48.5 Å². The third-order valence-electron chi connectivity index (χ3n) is 7.74. The zero-order chi connectivity index (χ0) is 26.7. The Kier molecular flexibility index (Phi) is 16.3. The normalized spacial score (nSPS) is 14.6. The second kappa shape index (κ2) is 17.9. The summed E-state index contributed by atoms with van der Waals surface area (Å²) in [6.45, 7) is 7.23. The maximum atomic E-state index is 13.3. The first-order chi connectivity index (χ1) is 17.9. The Bertz CT molecular complexity index is 997. The van der Waals surface area contributed by atoms with Gasteiger partial charge in [-0.2, -0.15) is 0 Å². The van der Waals surface area contributed by atoms with Crippen LogP contribution in [-0.2, 0) is 28.7 Å². The Morgan fingerprint density at radius 3 is 1.92 bits per heavy atom. The summed E-state index contributed by atoms with van der Waals surface area (Å²) in [5.74, 6) is -0.351. The van der Waals surface area contributed by atoms with Crippen molar-refractivity contribution >= 4 is 49.6 Å². The molecule has 3 rings (SSSR count). The summed E-state index contributed by atoms with van der Waals surface area (Å²) in [5.41, 5.74) is 10.0. The summed E-state index contributed by atoms with van der Waals surface area (Å²) < 4.78 is 0. The molecule has 2 amide bonds. The number of rotatable bonds is 14. The molecule has 1 aliphatic rings. The number of unbranched alkanes of at least 4 members (excludes halogenated alkanes) is 3. The van der Waals surface area contributed by atoms with E-state index in [2.05, 4.69) is 38.2 Å². The summed E-state index contributed by atoms with van der Waals surface area (Å²) in [4.78, 5) is 27.5. The number of hydrogen-bond acceptors (Lipinski definition) is 3. The number of fused-ring (bicyclic) bond motifs is 1. The van der Waals surface area contributed by atoms with E-state index in [1.807, 2.05) is 36.4 Å². The molecule has 2 aromatic rings. The van der Waals surface area contributed by atoms with Gasteiger partial charge in [0.05, 0.1) is 31.2 Å². The Hall–Kier alpha value is -1.65. The zero-order valence-corrected chi connectivity index (χ0v) is 26.5. The van der Waals surface area contributed by atoms with Crippen LogP contribution in [0.3, 0.4) is 0 Å². The standard InChI is InChI=1S/C31H46N3O2P.2ClH/c1-4-7-18-37(19-8-5-2,20-9-6-3)24-25-14-16-28(17-15-25)33-31(36)29-21-26-12-10-11-13-27(26)23-34(29)30(35)22-32;;/h10-17,29H,4-9,18-24,32H2,1-3H3;2*1H/p+1. The third-order valence-corrected chi connectivity index (χ3v) is 12.6. The van der Waals surface area contributed by atoms with Crippen LogP contribution in [0.25, 0.3) is 0 Å². The molecule has 2 aromatic carbocycles. The molecule has 0 fully saturated rings. The molecule has 1 unspecified atom stereocenters. The highest BCUT2D eigenvalue weighted by Crippen LogP contribution is 2.63. The van der Waals surface area contributed by atoms with Crippen LogP contribution in [0.2, 0.25) is 0 Å².